The van der Waals surface area contributed by atoms with Crippen molar-refractivity contribution in [3.05, 3.63) is 81.3 Å². The van der Waals surface area contributed by atoms with Crippen LogP contribution >= 0.6 is 11.8 Å². The number of hydrogen-bond acceptors (Lipinski definition) is 5. The summed E-state index contributed by atoms with van der Waals surface area (Å²) in [6.45, 7) is 5.17. The van der Waals surface area contributed by atoms with E-state index in [1.165, 1.54) is 11.8 Å². The fourth-order valence-electron chi connectivity index (χ4n) is 3.53. The van der Waals surface area contributed by atoms with E-state index in [1.807, 2.05) is 62.4 Å². The van der Waals surface area contributed by atoms with Crippen molar-refractivity contribution in [1.82, 2.24) is 14.8 Å². The lowest BCUT2D eigenvalue weighted by molar-refractivity contribution is 0.0941. The molecule has 3 aromatic rings. The van der Waals surface area contributed by atoms with Crippen molar-refractivity contribution in [2.24, 2.45) is 0 Å². The molecule has 2 aromatic carbocycles. The van der Waals surface area contributed by atoms with Gasteiger partial charge in [-0.1, -0.05) is 71.4 Å². The molecule has 6 nitrogen and oxygen atoms in total. The highest BCUT2D eigenvalue weighted by Crippen LogP contribution is 2.37. The van der Waals surface area contributed by atoms with Gasteiger partial charge in [0.15, 0.2) is 10.9 Å². The van der Waals surface area contributed by atoms with Crippen molar-refractivity contribution in [3.8, 4) is 0 Å². The first-order chi connectivity index (χ1) is 14.5. The zero-order valence-electron chi connectivity index (χ0n) is 17.1. The summed E-state index contributed by atoms with van der Waals surface area (Å²) in [6.07, 6.45) is 1.92. The normalized spacial score (nSPS) is 17.2. The number of aryl methyl sites for hydroxylation is 2. The Morgan fingerprint density at radius 3 is 2.47 bits per heavy atom. The number of Topliss-reactive ketones (excluding diaryl/α,β-unsaturated/α-hetero) is 1. The molecule has 0 saturated carbocycles. The fraction of sp³-hybridized carbons (Fsp3) is 0.348. The monoisotopic (exact) mass is 423 g/mol. The van der Waals surface area contributed by atoms with Crippen LogP contribution < -0.4 is 5.69 Å². The second-order valence-corrected chi connectivity index (χ2v) is 8.77. The van der Waals surface area contributed by atoms with Crippen molar-refractivity contribution in [2.45, 2.75) is 49.7 Å². The third-order valence-corrected chi connectivity index (χ3v) is 6.56. The molecule has 4 rings (SSSR count). The van der Waals surface area contributed by atoms with Gasteiger partial charge in [0.1, 0.15) is 5.25 Å². The molecule has 1 aromatic heterocycles. The molecule has 0 radical (unpaired) electrons. The first-order valence-corrected chi connectivity index (χ1v) is 11.0. The molecule has 30 heavy (non-hydrogen) atoms. The first kappa shape index (κ1) is 20.6. The largest absolute Gasteiger partial charge is 0.376 e. The third kappa shape index (κ3) is 4.57. The number of nitrogens with zero attached hydrogens (tertiary/aromatic N) is 2. The molecular weight excluding hydrogens is 398 g/mol. The standard InChI is InChI=1S/C23H25N3O3S/c1-15-5-9-17(10-6-15)20(27)21(18-11-7-16(2)8-12-18)30-23-25-24-22(28)26(23)14-19-4-3-13-29-19/h5-12,19,21H,3-4,13-14H2,1-2H3,(H,24,28). The van der Waals surface area contributed by atoms with Crippen LogP contribution in [0.5, 0.6) is 0 Å². The molecule has 1 aliphatic heterocycles. The lowest BCUT2D eigenvalue weighted by Crippen LogP contribution is -2.25. The van der Waals surface area contributed by atoms with Gasteiger partial charge in [-0.15, -0.1) is 5.10 Å². The maximum absolute atomic E-state index is 13.4. The molecule has 1 saturated heterocycles. The third-order valence-electron chi connectivity index (χ3n) is 5.31. The Balaban J connectivity index is 1.66. The van der Waals surface area contributed by atoms with Crippen molar-refractivity contribution < 1.29 is 9.53 Å². The van der Waals surface area contributed by atoms with Crippen LogP contribution in [0, 0.1) is 13.8 Å². The van der Waals surface area contributed by atoms with Gasteiger partial charge >= 0.3 is 5.69 Å². The number of carbonyl (C=O) groups excluding carboxylic acids is 1. The van der Waals surface area contributed by atoms with E-state index in [-0.39, 0.29) is 17.6 Å². The van der Waals surface area contributed by atoms with E-state index in [2.05, 4.69) is 10.2 Å². The number of H-pyrrole nitrogens is 1. The zero-order chi connectivity index (χ0) is 21.1. The second kappa shape index (κ2) is 9.02. The summed E-state index contributed by atoms with van der Waals surface area (Å²) in [7, 11) is 0. The Labute approximate surface area is 179 Å². The molecule has 0 bridgehead atoms. The van der Waals surface area contributed by atoms with Crippen LogP contribution in [0.15, 0.2) is 58.5 Å². The van der Waals surface area contributed by atoms with E-state index >= 15 is 0 Å². The quantitative estimate of drug-likeness (QED) is 0.458. The number of rotatable bonds is 7. The van der Waals surface area contributed by atoms with Gasteiger partial charge in [0.25, 0.3) is 0 Å². The van der Waals surface area contributed by atoms with Gasteiger partial charge < -0.3 is 4.74 Å². The maximum Gasteiger partial charge on any atom is 0.344 e. The van der Waals surface area contributed by atoms with E-state index in [0.717, 1.165) is 36.1 Å². The van der Waals surface area contributed by atoms with E-state index < -0.39 is 5.25 Å². The van der Waals surface area contributed by atoms with E-state index in [9.17, 15) is 9.59 Å². The molecule has 7 heteroatoms. The van der Waals surface area contributed by atoms with Crippen LogP contribution in [0.2, 0.25) is 0 Å². The van der Waals surface area contributed by atoms with Crippen LogP contribution in [0.25, 0.3) is 0 Å². The average Bonchev–Trinajstić information content (AvgIpc) is 3.38. The van der Waals surface area contributed by atoms with Gasteiger partial charge in [-0.25, -0.2) is 9.89 Å². The Morgan fingerprint density at radius 1 is 1.17 bits per heavy atom. The highest BCUT2D eigenvalue weighted by molar-refractivity contribution is 8.00. The molecule has 0 spiro atoms. The van der Waals surface area contributed by atoms with Crippen LogP contribution in [0.1, 0.15) is 45.1 Å². The van der Waals surface area contributed by atoms with Gasteiger partial charge in [0, 0.05) is 12.2 Å². The summed E-state index contributed by atoms with van der Waals surface area (Å²) in [6, 6.07) is 15.5. The number of ketones is 1. The zero-order valence-corrected chi connectivity index (χ0v) is 17.9. The topological polar surface area (TPSA) is 77.0 Å². The van der Waals surface area contributed by atoms with E-state index in [4.69, 9.17) is 4.74 Å². The minimum absolute atomic E-state index is 0.00488. The van der Waals surface area contributed by atoms with Gasteiger partial charge in [-0.3, -0.25) is 9.36 Å². The number of aromatic nitrogens is 3. The molecule has 0 aliphatic carbocycles. The summed E-state index contributed by atoms with van der Waals surface area (Å²) in [5.41, 5.74) is 3.47. The van der Waals surface area contributed by atoms with Crippen molar-refractivity contribution >= 4 is 17.5 Å². The molecule has 2 atom stereocenters. The molecule has 1 aliphatic rings. The van der Waals surface area contributed by atoms with Gasteiger partial charge in [0.05, 0.1) is 12.6 Å². The molecule has 2 heterocycles. The summed E-state index contributed by atoms with van der Waals surface area (Å²) in [5.74, 6) is -0.0111. The van der Waals surface area contributed by atoms with Crippen molar-refractivity contribution in [1.29, 1.82) is 0 Å². The molecule has 1 fully saturated rings. The second-order valence-electron chi connectivity index (χ2n) is 7.70. The molecule has 0 amide bonds. The number of carbonyl (C=O) groups is 1. The average molecular weight is 424 g/mol. The van der Waals surface area contributed by atoms with Gasteiger partial charge in [-0.05, 0) is 32.3 Å². The van der Waals surface area contributed by atoms with Crippen LogP contribution in [0.4, 0.5) is 0 Å². The summed E-state index contributed by atoms with van der Waals surface area (Å²) < 4.78 is 7.28. The molecule has 2 unspecified atom stereocenters. The van der Waals surface area contributed by atoms with Crippen LogP contribution in [-0.2, 0) is 11.3 Å². The number of hydrogen-bond donors (Lipinski definition) is 1. The smallest absolute Gasteiger partial charge is 0.344 e. The fourth-order valence-corrected chi connectivity index (χ4v) is 4.67. The Morgan fingerprint density at radius 2 is 1.83 bits per heavy atom. The number of thioether (sulfide) groups is 1. The lowest BCUT2D eigenvalue weighted by atomic mass is 10.0. The van der Waals surface area contributed by atoms with Gasteiger partial charge in [0.2, 0.25) is 0 Å². The maximum atomic E-state index is 13.4. The lowest BCUT2D eigenvalue weighted by Gasteiger charge is -2.17. The van der Waals surface area contributed by atoms with E-state index in [1.54, 1.807) is 4.57 Å². The number of nitrogens with one attached hydrogen (secondary N) is 1. The van der Waals surface area contributed by atoms with Gasteiger partial charge in [-0.2, -0.15) is 0 Å². The van der Waals surface area contributed by atoms with E-state index in [0.29, 0.717) is 17.3 Å². The summed E-state index contributed by atoms with van der Waals surface area (Å²) >= 11 is 1.30. The summed E-state index contributed by atoms with van der Waals surface area (Å²) in [4.78, 5) is 25.8. The highest BCUT2D eigenvalue weighted by Gasteiger charge is 2.27. The number of benzene rings is 2. The van der Waals surface area contributed by atoms with Crippen LogP contribution in [0.3, 0.4) is 0 Å². The first-order valence-electron chi connectivity index (χ1n) is 10.1. The Hall–Kier alpha value is -2.64. The highest BCUT2D eigenvalue weighted by atomic mass is 32.2. The molecule has 156 valence electrons. The minimum atomic E-state index is -0.508. The number of aromatic amines is 1. The molecular formula is C23H25N3O3S. The predicted molar refractivity (Wildman–Crippen MR) is 117 cm³/mol. The van der Waals surface area contributed by atoms with Crippen molar-refractivity contribution in [2.75, 3.05) is 6.61 Å². The van der Waals surface area contributed by atoms with Crippen molar-refractivity contribution in [3.63, 3.8) is 0 Å². The summed E-state index contributed by atoms with van der Waals surface area (Å²) in [5, 5.41) is 6.74. The Bertz CT molecular complexity index is 1060. The SMILES string of the molecule is Cc1ccc(C(=O)C(Sc2n[nH]c(=O)n2CC2CCCO2)c2ccc(C)cc2)cc1. The minimum Gasteiger partial charge on any atom is -0.376 e. The number of ether oxygens (including phenoxy) is 1. The van der Waals surface area contributed by atoms with Crippen LogP contribution in [-0.4, -0.2) is 33.3 Å². The molecule has 1 N–H and O–H groups in total. The Kier molecular flexibility index (Phi) is 6.20. The predicted octanol–water partition coefficient (Wildman–Crippen LogP) is 4.08.